The Bertz CT molecular complexity index is 1080. The van der Waals surface area contributed by atoms with Gasteiger partial charge in [0.1, 0.15) is 11.8 Å². The average Bonchev–Trinajstić information content (AvgIpc) is 2.81. The number of hydrogen-bond acceptors (Lipinski definition) is 5. The maximum Gasteiger partial charge on any atom is 0.242 e. The molecule has 0 unspecified atom stereocenters. The standard InChI is InChI=1S/C24H32ClN3O5S/c1-5-20(24(30)26-2)27(17-18-12-14-19(25)15-13-18)23(29)11-8-16-28(34(4,31)32)21-9-6-7-10-22(21)33-3/h6-7,9-10,12-15,20H,5,8,11,16-17H2,1-4H3,(H,26,30)/t20-/m0/s1. The van der Waals surface area contributed by atoms with Gasteiger partial charge in [-0.2, -0.15) is 0 Å². The monoisotopic (exact) mass is 509 g/mol. The third-order valence-electron chi connectivity index (χ3n) is 5.40. The molecular weight excluding hydrogens is 478 g/mol. The van der Waals surface area contributed by atoms with Crippen LogP contribution in [-0.4, -0.2) is 58.1 Å². The molecule has 10 heteroatoms. The van der Waals surface area contributed by atoms with E-state index in [4.69, 9.17) is 16.3 Å². The molecule has 0 radical (unpaired) electrons. The second-order valence-corrected chi connectivity index (χ2v) is 10.1. The zero-order valence-electron chi connectivity index (χ0n) is 20.0. The molecule has 0 aliphatic rings. The molecule has 0 spiro atoms. The van der Waals surface area contributed by atoms with E-state index in [2.05, 4.69) is 5.32 Å². The van der Waals surface area contributed by atoms with E-state index in [-0.39, 0.29) is 37.7 Å². The Balaban J connectivity index is 2.21. The molecule has 0 aromatic heterocycles. The van der Waals surface area contributed by atoms with Crippen LogP contribution >= 0.6 is 11.6 Å². The molecule has 2 rings (SSSR count). The zero-order chi connectivity index (χ0) is 25.3. The van der Waals surface area contributed by atoms with Crippen molar-refractivity contribution in [2.75, 3.05) is 31.3 Å². The fourth-order valence-electron chi connectivity index (χ4n) is 3.69. The van der Waals surface area contributed by atoms with Crippen LogP contribution in [0.2, 0.25) is 5.02 Å². The number of rotatable bonds is 12. The van der Waals surface area contributed by atoms with Gasteiger partial charge in [0.25, 0.3) is 0 Å². The third kappa shape index (κ3) is 7.36. The van der Waals surface area contributed by atoms with Crippen molar-refractivity contribution in [1.29, 1.82) is 0 Å². The number of likely N-dealkylation sites (N-methyl/N-ethyl adjacent to an activating group) is 1. The van der Waals surface area contributed by atoms with Gasteiger partial charge in [0, 0.05) is 31.6 Å². The summed E-state index contributed by atoms with van der Waals surface area (Å²) in [6, 6.07) is 13.3. The molecular formula is C24H32ClN3O5S. The molecule has 0 saturated heterocycles. The maximum atomic E-state index is 13.3. The van der Waals surface area contributed by atoms with Gasteiger partial charge < -0.3 is 15.0 Å². The summed E-state index contributed by atoms with van der Waals surface area (Å²) in [5, 5.41) is 3.20. The lowest BCUT2D eigenvalue weighted by Crippen LogP contribution is -2.48. The van der Waals surface area contributed by atoms with Crippen molar-refractivity contribution < 1.29 is 22.7 Å². The van der Waals surface area contributed by atoms with Crippen LogP contribution in [0, 0.1) is 0 Å². The fourth-order valence-corrected chi connectivity index (χ4v) is 4.79. The molecule has 34 heavy (non-hydrogen) atoms. The Kier molecular flexibility index (Phi) is 10.2. The van der Waals surface area contributed by atoms with Crippen molar-refractivity contribution in [2.45, 2.75) is 38.8 Å². The number of nitrogens with one attached hydrogen (secondary N) is 1. The van der Waals surface area contributed by atoms with E-state index in [1.807, 2.05) is 19.1 Å². The number of amides is 2. The number of benzene rings is 2. The van der Waals surface area contributed by atoms with Crippen molar-refractivity contribution in [1.82, 2.24) is 10.2 Å². The van der Waals surface area contributed by atoms with Gasteiger partial charge in [0.2, 0.25) is 21.8 Å². The molecule has 0 aliphatic heterocycles. The molecule has 1 N–H and O–H groups in total. The molecule has 8 nitrogen and oxygen atoms in total. The minimum atomic E-state index is -3.61. The van der Waals surface area contributed by atoms with E-state index in [0.717, 1.165) is 11.8 Å². The molecule has 0 heterocycles. The van der Waals surface area contributed by atoms with Gasteiger partial charge in [0.05, 0.1) is 19.1 Å². The van der Waals surface area contributed by atoms with Crippen molar-refractivity contribution in [3.8, 4) is 5.75 Å². The topological polar surface area (TPSA) is 96.0 Å². The van der Waals surface area contributed by atoms with Crippen LogP contribution in [-0.2, 0) is 26.2 Å². The van der Waals surface area contributed by atoms with Crippen molar-refractivity contribution in [2.24, 2.45) is 0 Å². The molecule has 0 aliphatic carbocycles. The van der Waals surface area contributed by atoms with Crippen molar-refractivity contribution in [3.63, 3.8) is 0 Å². The van der Waals surface area contributed by atoms with Gasteiger partial charge >= 0.3 is 0 Å². The lowest BCUT2D eigenvalue weighted by Gasteiger charge is -2.31. The number of sulfonamides is 1. The second-order valence-electron chi connectivity index (χ2n) is 7.80. The Labute approximate surface area is 206 Å². The first-order valence-electron chi connectivity index (χ1n) is 11.0. The number of methoxy groups -OCH3 is 1. The Morgan fingerprint density at radius 3 is 2.32 bits per heavy atom. The Morgan fingerprint density at radius 2 is 1.76 bits per heavy atom. The molecule has 2 amide bonds. The molecule has 0 saturated carbocycles. The van der Waals surface area contributed by atoms with Gasteiger partial charge in [-0.25, -0.2) is 8.42 Å². The van der Waals surface area contributed by atoms with Gasteiger partial charge in [-0.3, -0.25) is 13.9 Å². The number of hydrogen-bond donors (Lipinski definition) is 1. The Hall–Kier alpha value is -2.78. The summed E-state index contributed by atoms with van der Waals surface area (Å²) in [6.07, 6.45) is 1.90. The molecule has 2 aromatic rings. The first-order chi connectivity index (χ1) is 16.1. The highest BCUT2D eigenvalue weighted by atomic mass is 35.5. The highest BCUT2D eigenvalue weighted by Gasteiger charge is 2.28. The Morgan fingerprint density at radius 1 is 1.12 bits per heavy atom. The summed E-state index contributed by atoms with van der Waals surface area (Å²) in [5.41, 5.74) is 1.25. The van der Waals surface area contributed by atoms with E-state index in [9.17, 15) is 18.0 Å². The highest BCUT2D eigenvalue weighted by Crippen LogP contribution is 2.29. The van der Waals surface area contributed by atoms with Gasteiger partial charge in [-0.1, -0.05) is 42.8 Å². The first kappa shape index (κ1) is 27.5. The summed E-state index contributed by atoms with van der Waals surface area (Å²) in [6.45, 7) is 2.18. The second kappa shape index (κ2) is 12.6. The summed E-state index contributed by atoms with van der Waals surface area (Å²) < 4.78 is 31.5. The van der Waals surface area contributed by atoms with E-state index in [1.165, 1.54) is 23.4 Å². The minimum absolute atomic E-state index is 0.0717. The van der Waals surface area contributed by atoms with E-state index in [0.29, 0.717) is 22.9 Å². The fraction of sp³-hybridized carbons (Fsp3) is 0.417. The minimum Gasteiger partial charge on any atom is -0.495 e. The summed E-state index contributed by atoms with van der Waals surface area (Å²) in [4.78, 5) is 27.3. The van der Waals surface area contributed by atoms with Crippen LogP contribution in [0.1, 0.15) is 31.7 Å². The lowest BCUT2D eigenvalue weighted by molar-refractivity contribution is -0.141. The average molecular weight is 510 g/mol. The quantitative estimate of drug-likeness (QED) is 0.472. The van der Waals surface area contributed by atoms with Crippen LogP contribution in [0.4, 0.5) is 5.69 Å². The van der Waals surface area contributed by atoms with Crippen LogP contribution in [0.15, 0.2) is 48.5 Å². The SMILES string of the molecule is CC[C@@H](C(=O)NC)N(Cc1ccc(Cl)cc1)C(=O)CCCN(c1ccccc1OC)S(C)(=O)=O. The molecule has 2 aromatic carbocycles. The molecule has 0 bridgehead atoms. The van der Waals surface area contributed by atoms with Gasteiger partial charge in [0.15, 0.2) is 0 Å². The number of nitrogens with zero attached hydrogens (tertiary/aromatic N) is 2. The first-order valence-corrected chi connectivity index (χ1v) is 13.2. The highest BCUT2D eigenvalue weighted by molar-refractivity contribution is 7.92. The van der Waals surface area contributed by atoms with Crippen LogP contribution in [0.3, 0.4) is 0 Å². The van der Waals surface area contributed by atoms with Crippen LogP contribution in [0.5, 0.6) is 5.75 Å². The number of carbonyl (C=O) groups is 2. The number of halogens is 1. The van der Waals surface area contributed by atoms with Gasteiger partial charge in [-0.05, 0) is 42.7 Å². The van der Waals surface area contributed by atoms with Crippen molar-refractivity contribution in [3.05, 3.63) is 59.1 Å². The van der Waals surface area contributed by atoms with Gasteiger partial charge in [-0.15, -0.1) is 0 Å². The van der Waals surface area contributed by atoms with E-state index < -0.39 is 16.1 Å². The van der Waals surface area contributed by atoms with Crippen LogP contribution < -0.4 is 14.4 Å². The van der Waals surface area contributed by atoms with E-state index in [1.54, 1.807) is 36.4 Å². The molecule has 0 fully saturated rings. The smallest absolute Gasteiger partial charge is 0.242 e. The number of para-hydroxylation sites is 2. The summed E-state index contributed by atoms with van der Waals surface area (Å²) in [7, 11) is -0.600. The largest absolute Gasteiger partial charge is 0.495 e. The van der Waals surface area contributed by atoms with E-state index >= 15 is 0 Å². The maximum absolute atomic E-state index is 13.3. The predicted molar refractivity (Wildman–Crippen MR) is 135 cm³/mol. The number of ether oxygens (including phenoxy) is 1. The van der Waals surface area contributed by atoms with Crippen LogP contribution in [0.25, 0.3) is 0 Å². The summed E-state index contributed by atoms with van der Waals surface area (Å²) in [5.74, 6) is -0.0650. The lowest BCUT2D eigenvalue weighted by atomic mass is 10.1. The van der Waals surface area contributed by atoms with Crippen molar-refractivity contribution >= 4 is 39.1 Å². The number of carbonyl (C=O) groups excluding carboxylic acids is 2. The predicted octanol–water partition coefficient (Wildman–Crippen LogP) is 3.45. The molecule has 186 valence electrons. The number of anilines is 1. The molecule has 1 atom stereocenters. The third-order valence-corrected chi connectivity index (χ3v) is 6.84. The zero-order valence-corrected chi connectivity index (χ0v) is 21.5. The normalized spacial score (nSPS) is 12.0. The summed E-state index contributed by atoms with van der Waals surface area (Å²) >= 11 is 5.97.